The van der Waals surface area contributed by atoms with Crippen LogP contribution in [0.4, 0.5) is 0 Å². The average molecular weight is 244 g/mol. The molecule has 1 N–H and O–H groups in total. The Morgan fingerprint density at radius 3 is 2.94 bits per heavy atom. The molecule has 0 radical (unpaired) electrons. The first-order valence-electron chi connectivity index (χ1n) is 5.85. The van der Waals surface area contributed by atoms with Crippen LogP contribution in [0.5, 0.6) is 5.75 Å². The van der Waals surface area contributed by atoms with Gasteiger partial charge < -0.3 is 10.1 Å². The molecule has 1 aromatic carbocycles. The molecule has 0 atom stereocenters. The van der Waals surface area contributed by atoms with Gasteiger partial charge in [0.05, 0.1) is 7.11 Å². The van der Waals surface area contributed by atoms with Crippen LogP contribution in [0.15, 0.2) is 35.0 Å². The Morgan fingerprint density at radius 1 is 1.44 bits per heavy atom. The Labute approximate surface area is 106 Å². The van der Waals surface area contributed by atoms with E-state index in [9.17, 15) is 4.79 Å². The average Bonchev–Trinajstić information content (AvgIpc) is 2.40. The molecule has 0 aromatic heterocycles. The number of hydrogen-bond donors (Lipinski definition) is 1. The molecule has 2 rings (SSSR count). The largest absolute Gasteiger partial charge is 0.497 e. The quantitative estimate of drug-likeness (QED) is 0.885. The number of hydrogen-bond acceptors (Lipinski definition) is 3. The van der Waals surface area contributed by atoms with Crippen molar-refractivity contribution in [3.8, 4) is 5.75 Å². The number of nitrogens with zero attached hydrogens (tertiary/aromatic N) is 1. The van der Waals surface area contributed by atoms with E-state index in [0.717, 1.165) is 24.2 Å². The van der Waals surface area contributed by atoms with Crippen LogP contribution in [-0.4, -0.2) is 25.8 Å². The summed E-state index contributed by atoms with van der Waals surface area (Å²) in [4.78, 5) is 16.2. The lowest BCUT2D eigenvalue weighted by molar-refractivity contribution is 0.0963. The molecule has 0 spiro atoms. The maximum Gasteiger partial charge on any atom is 0.255 e. The molecule has 0 aliphatic carbocycles. The van der Waals surface area contributed by atoms with Crippen LogP contribution in [0.2, 0.25) is 0 Å². The van der Waals surface area contributed by atoms with Gasteiger partial charge in [-0.2, -0.15) is 0 Å². The molecule has 18 heavy (non-hydrogen) atoms. The first kappa shape index (κ1) is 12.4. The second-order valence-corrected chi connectivity index (χ2v) is 4.13. The van der Waals surface area contributed by atoms with Crippen LogP contribution in [0, 0.1) is 6.92 Å². The highest BCUT2D eigenvalue weighted by Gasteiger charge is 2.12. The lowest BCUT2D eigenvalue weighted by atomic mass is 10.1. The summed E-state index contributed by atoms with van der Waals surface area (Å²) in [5.41, 5.74) is 2.47. The Kier molecular flexibility index (Phi) is 3.77. The van der Waals surface area contributed by atoms with E-state index in [2.05, 4.69) is 10.3 Å². The zero-order valence-electron chi connectivity index (χ0n) is 10.6. The number of carbonyl (C=O) groups excluding carboxylic acids is 1. The molecule has 0 unspecified atom stereocenters. The van der Waals surface area contributed by atoms with Crippen molar-refractivity contribution >= 4 is 12.1 Å². The lowest BCUT2D eigenvalue weighted by Crippen LogP contribution is -2.25. The fourth-order valence-electron chi connectivity index (χ4n) is 1.78. The summed E-state index contributed by atoms with van der Waals surface area (Å²) in [5.74, 6) is 0.581. The number of methoxy groups -OCH3 is 1. The molecule has 1 heterocycles. The number of amides is 1. The molecule has 0 saturated heterocycles. The third kappa shape index (κ3) is 2.77. The molecular formula is C14H16N2O2. The number of rotatable bonds is 3. The molecule has 0 bridgehead atoms. The number of ether oxygens (including phenoxy) is 1. The summed E-state index contributed by atoms with van der Waals surface area (Å²) in [6, 6.07) is 5.48. The van der Waals surface area contributed by atoms with Gasteiger partial charge in [0.25, 0.3) is 5.91 Å². The molecule has 1 aliphatic heterocycles. The zero-order chi connectivity index (χ0) is 13.0. The van der Waals surface area contributed by atoms with Gasteiger partial charge >= 0.3 is 0 Å². The van der Waals surface area contributed by atoms with E-state index in [1.54, 1.807) is 19.4 Å². The standard InChI is InChI=1S/C14H16N2O2/c1-10-3-4-12(18-2)9-13(10)14(17)16-11-5-7-15-8-6-11/h3-5,7,9H,6,8H2,1-2H3,(H,16,17). The van der Waals surface area contributed by atoms with Crippen molar-refractivity contribution in [2.24, 2.45) is 4.99 Å². The highest BCUT2D eigenvalue weighted by atomic mass is 16.5. The third-order valence-corrected chi connectivity index (χ3v) is 2.85. The van der Waals surface area contributed by atoms with E-state index in [0.29, 0.717) is 11.3 Å². The SMILES string of the molecule is COc1ccc(C)c(C(=O)NC2=CC=NCC2)c1. The maximum atomic E-state index is 12.1. The van der Waals surface area contributed by atoms with Crippen LogP contribution in [0.3, 0.4) is 0 Å². The molecule has 4 heteroatoms. The minimum absolute atomic E-state index is 0.104. The first-order valence-corrected chi connectivity index (χ1v) is 5.85. The number of benzene rings is 1. The van der Waals surface area contributed by atoms with Crippen LogP contribution in [-0.2, 0) is 0 Å². The molecule has 1 aliphatic rings. The molecule has 0 saturated carbocycles. The van der Waals surface area contributed by atoms with Gasteiger partial charge in [0.1, 0.15) is 5.75 Å². The zero-order valence-corrected chi connectivity index (χ0v) is 10.6. The van der Waals surface area contributed by atoms with Crippen LogP contribution in [0.1, 0.15) is 22.3 Å². The molecule has 0 fully saturated rings. The number of allylic oxidation sites excluding steroid dienone is 1. The summed E-state index contributed by atoms with van der Waals surface area (Å²) >= 11 is 0. The normalized spacial score (nSPS) is 14.0. The summed E-state index contributed by atoms with van der Waals surface area (Å²) < 4.78 is 5.13. The summed E-state index contributed by atoms with van der Waals surface area (Å²) in [7, 11) is 1.59. The molecular weight excluding hydrogens is 228 g/mol. The van der Waals surface area contributed by atoms with E-state index < -0.39 is 0 Å². The predicted molar refractivity (Wildman–Crippen MR) is 71.3 cm³/mol. The number of dihydropyridines is 1. The fourth-order valence-corrected chi connectivity index (χ4v) is 1.78. The fraction of sp³-hybridized carbons (Fsp3) is 0.286. The number of aryl methyl sites for hydroxylation is 1. The van der Waals surface area contributed by atoms with E-state index in [-0.39, 0.29) is 5.91 Å². The second-order valence-electron chi connectivity index (χ2n) is 4.13. The van der Waals surface area contributed by atoms with Gasteiger partial charge in [-0.3, -0.25) is 9.79 Å². The topological polar surface area (TPSA) is 50.7 Å². The van der Waals surface area contributed by atoms with Crippen molar-refractivity contribution in [1.29, 1.82) is 0 Å². The number of nitrogens with one attached hydrogen (secondary N) is 1. The summed E-state index contributed by atoms with van der Waals surface area (Å²) in [6.45, 7) is 2.63. The van der Waals surface area contributed by atoms with Gasteiger partial charge in [-0.05, 0) is 30.7 Å². The summed E-state index contributed by atoms with van der Waals surface area (Å²) in [5, 5.41) is 2.90. The highest BCUT2D eigenvalue weighted by Crippen LogP contribution is 2.17. The first-order chi connectivity index (χ1) is 8.70. The number of carbonyl (C=O) groups is 1. The van der Waals surface area contributed by atoms with Crippen molar-refractivity contribution in [1.82, 2.24) is 5.32 Å². The Hall–Kier alpha value is -2.10. The van der Waals surface area contributed by atoms with Crippen molar-refractivity contribution in [2.75, 3.05) is 13.7 Å². The van der Waals surface area contributed by atoms with Gasteiger partial charge in [-0.25, -0.2) is 0 Å². The molecule has 94 valence electrons. The minimum atomic E-state index is -0.104. The lowest BCUT2D eigenvalue weighted by Gasteiger charge is -2.12. The Morgan fingerprint density at radius 2 is 2.28 bits per heavy atom. The summed E-state index contributed by atoms with van der Waals surface area (Å²) in [6.07, 6.45) is 4.32. The van der Waals surface area contributed by atoms with Gasteiger partial charge in [0.2, 0.25) is 0 Å². The van der Waals surface area contributed by atoms with Gasteiger partial charge in [-0.15, -0.1) is 0 Å². The van der Waals surface area contributed by atoms with Crippen molar-refractivity contribution in [3.05, 3.63) is 41.1 Å². The molecule has 1 aromatic rings. The number of aliphatic imine (C=N–C) groups is 1. The van der Waals surface area contributed by atoms with Crippen molar-refractivity contribution < 1.29 is 9.53 Å². The van der Waals surface area contributed by atoms with E-state index in [1.807, 2.05) is 25.1 Å². The Bertz CT molecular complexity index is 519. The van der Waals surface area contributed by atoms with Crippen LogP contribution in [0.25, 0.3) is 0 Å². The predicted octanol–water partition coefficient (Wildman–Crippen LogP) is 2.09. The minimum Gasteiger partial charge on any atom is -0.497 e. The monoisotopic (exact) mass is 244 g/mol. The maximum absolute atomic E-state index is 12.1. The van der Waals surface area contributed by atoms with E-state index in [4.69, 9.17) is 4.74 Å². The van der Waals surface area contributed by atoms with Gasteiger partial charge in [0.15, 0.2) is 0 Å². The second kappa shape index (κ2) is 5.49. The van der Waals surface area contributed by atoms with Crippen LogP contribution < -0.4 is 10.1 Å². The molecule has 4 nitrogen and oxygen atoms in total. The van der Waals surface area contributed by atoms with Gasteiger partial charge in [0, 0.05) is 30.4 Å². The van der Waals surface area contributed by atoms with Gasteiger partial charge in [-0.1, -0.05) is 6.07 Å². The molecule has 1 amide bonds. The van der Waals surface area contributed by atoms with Crippen molar-refractivity contribution in [2.45, 2.75) is 13.3 Å². The van der Waals surface area contributed by atoms with E-state index >= 15 is 0 Å². The third-order valence-electron chi connectivity index (χ3n) is 2.85. The van der Waals surface area contributed by atoms with Crippen LogP contribution >= 0.6 is 0 Å². The highest BCUT2D eigenvalue weighted by molar-refractivity contribution is 5.97. The van der Waals surface area contributed by atoms with Crippen molar-refractivity contribution in [3.63, 3.8) is 0 Å². The smallest absolute Gasteiger partial charge is 0.255 e. The van der Waals surface area contributed by atoms with E-state index in [1.165, 1.54) is 0 Å². The Balaban J connectivity index is 2.17.